The molecule has 1 aliphatic heterocycles. The van der Waals surface area contributed by atoms with Gasteiger partial charge in [0.2, 0.25) is 5.91 Å². The molecule has 0 aliphatic carbocycles. The predicted octanol–water partition coefficient (Wildman–Crippen LogP) is 1.88. The van der Waals surface area contributed by atoms with Crippen molar-refractivity contribution < 1.29 is 14.3 Å². The number of hydrogen-bond donors (Lipinski definition) is 2. The average molecular weight is 297 g/mol. The minimum atomic E-state index is -0.590. The van der Waals surface area contributed by atoms with Gasteiger partial charge in [0.25, 0.3) is 5.91 Å². The number of ether oxygens (including phenoxy) is 1. The summed E-state index contributed by atoms with van der Waals surface area (Å²) in [4.78, 5) is 27.7. The van der Waals surface area contributed by atoms with E-state index in [1.54, 1.807) is 38.4 Å². The molecule has 0 bridgehead atoms. The number of carbonyl (C=O) groups is 2. The van der Waals surface area contributed by atoms with Gasteiger partial charge in [-0.3, -0.25) is 14.6 Å². The van der Waals surface area contributed by atoms with E-state index in [4.69, 9.17) is 10.5 Å². The third kappa shape index (κ3) is 2.18. The molecular weight excluding hydrogens is 282 g/mol. The molecule has 0 spiro atoms. The highest BCUT2D eigenvalue weighted by molar-refractivity contribution is 6.06. The Morgan fingerprint density at radius 1 is 1.45 bits per heavy atom. The number of nitrogens with two attached hydrogens (primary N) is 1. The van der Waals surface area contributed by atoms with Crippen molar-refractivity contribution in [2.24, 2.45) is 5.73 Å². The molecule has 0 fully saturated rings. The zero-order valence-corrected chi connectivity index (χ0v) is 12.2. The van der Waals surface area contributed by atoms with Gasteiger partial charge in [-0.05, 0) is 31.5 Å². The van der Waals surface area contributed by atoms with Gasteiger partial charge in [-0.1, -0.05) is 6.07 Å². The number of primary amides is 1. The molecule has 112 valence electrons. The third-order valence-corrected chi connectivity index (χ3v) is 3.68. The highest BCUT2D eigenvalue weighted by atomic mass is 16.5. The van der Waals surface area contributed by atoms with Crippen molar-refractivity contribution in [3.8, 4) is 16.9 Å². The lowest BCUT2D eigenvalue weighted by atomic mass is 9.93. The van der Waals surface area contributed by atoms with E-state index in [-0.39, 0.29) is 5.91 Å². The second-order valence-electron chi connectivity index (χ2n) is 5.15. The molecule has 0 radical (unpaired) electrons. The maximum Gasteiger partial charge on any atom is 0.265 e. The molecule has 2 heterocycles. The number of hydrogen-bond acceptors (Lipinski definition) is 4. The van der Waals surface area contributed by atoms with Crippen LogP contribution in [0.15, 0.2) is 30.6 Å². The van der Waals surface area contributed by atoms with Gasteiger partial charge >= 0.3 is 0 Å². The van der Waals surface area contributed by atoms with Crippen molar-refractivity contribution in [3.05, 3.63) is 41.7 Å². The van der Waals surface area contributed by atoms with E-state index in [1.807, 2.05) is 6.07 Å². The van der Waals surface area contributed by atoms with Crippen LogP contribution in [0.3, 0.4) is 0 Å². The molecule has 6 heteroatoms. The SMILES string of the molecule is Cc1c2c(cc(-c3cccnc3)c1C(N)=O)OC(C)C(=O)N2. The Morgan fingerprint density at radius 2 is 2.23 bits per heavy atom. The Balaban J connectivity index is 2.27. The van der Waals surface area contributed by atoms with E-state index in [2.05, 4.69) is 10.3 Å². The first kappa shape index (κ1) is 14.1. The monoisotopic (exact) mass is 297 g/mol. The summed E-state index contributed by atoms with van der Waals surface area (Å²) in [6.45, 7) is 3.40. The first-order chi connectivity index (χ1) is 10.5. The van der Waals surface area contributed by atoms with Crippen LogP contribution in [0.1, 0.15) is 22.8 Å². The molecule has 3 N–H and O–H groups in total. The number of nitrogens with zero attached hydrogens (tertiary/aromatic N) is 1. The number of nitrogens with one attached hydrogen (secondary N) is 1. The lowest BCUT2D eigenvalue weighted by Crippen LogP contribution is -2.35. The summed E-state index contributed by atoms with van der Waals surface area (Å²) in [5.74, 6) is -0.291. The molecule has 1 aromatic carbocycles. The number of amides is 2. The van der Waals surface area contributed by atoms with Gasteiger partial charge in [-0.25, -0.2) is 0 Å². The minimum absolute atomic E-state index is 0.250. The Morgan fingerprint density at radius 3 is 2.86 bits per heavy atom. The molecule has 3 rings (SSSR count). The van der Waals surface area contributed by atoms with E-state index < -0.39 is 12.0 Å². The van der Waals surface area contributed by atoms with E-state index >= 15 is 0 Å². The van der Waals surface area contributed by atoms with Crippen LogP contribution in [0.2, 0.25) is 0 Å². The summed E-state index contributed by atoms with van der Waals surface area (Å²) in [6.07, 6.45) is 2.71. The van der Waals surface area contributed by atoms with E-state index in [0.29, 0.717) is 28.1 Å². The van der Waals surface area contributed by atoms with Gasteiger partial charge in [0, 0.05) is 23.5 Å². The van der Waals surface area contributed by atoms with Crippen LogP contribution in [0.4, 0.5) is 5.69 Å². The van der Waals surface area contributed by atoms with Crippen LogP contribution >= 0.6 is 0 Å². The Bertz CT molecular complexity index is 772. The van der Waals surface area contributed by atoms with Crippen LogP contribution in [-0.2, 0) is 4.79 Å². The molecule has 22 heavy (non-hydrogen) atoms. The molecule has 0 saturated heterocycles. The fourth-order valence-corrected chi connectivity index (χ4v) is 2.57. The molecule has 2 aromatic rings. The zero-order valence-electron chi connectivity index (χ0n) is 12.2. The highest BCUT2D eigenvalue weighted by Crippen LogP contribution is 2.40. The molecule has 1 aliphatic rings. The summed E-state index contributed by atoms with van der Waals surface area (Å²) < 4.78 is 5.64. The maximum absolute atomic E-state index is 11.9. The largest absolute Gasteiger partial charge is 0.479 e. The van der Waals surface area contributed by atoms with Gasteiger partial charge < -0.3 is 15.8 Å². The molecule has 1 unspecified atom stereocenters. The van der Waals surface area contributed by atoms with Crippen molar-refractivity contribution in [2.45, 2.75) is 20.0 Å². The fourth-order valence-electron chi connectivity index (χ4n) is 2.57. The first-order valence-electron chi connectivity index (χ1n) is 6.84. The summed E-state index contributed by atoms with van der Waals surface area (Å²) in [6, 6.07) is 5.33. The number of aromatic nitrogens is 1. The fraction of sp³-hybridized carbons (Fsp3) is 0.188. The molecule has 1 atom stereocenters. The Labute approximate surface area is 127 Å². The predicted molar refractivity (Wildman–Crippen MR) is 81.6 cm³/mol. The topological polar surface area (TPSA) is 94.3 Å². The van der Waals surface area contributed by atoms with Crippen molar-refractivity contribution in [1.29, 1.82) is 0 Å². The quantitative estimate of drug-likeness (QED) is 0.884. The number of pyridine rings is 1. The van der Waals surface area contributed by atoms with Crippen molar-refractivity contribution in [3.63, 3.8) is 0 Å². The summed E-state index contributed by atoms with van der Waals surface area (Å²) in [5.41, 5.74) is 8.36. The standard InChI is InChI=1S/C16H15N3O3/c1-8-13(15(17)20)11(10-4-3-5-18-7-10)6-12-14(8)19-16(21)9(2)22-12/h3-7,9H,1-2H3,(H2,17,20)(H,19,21). The maximum atomic E-state index is 11.9. The number of rotatable bonds is 2. The van der Waals surface area contributed by atoms with Crippen molar-refractivity contribution in [2.75, 3.05) is 5.32 Å². The number of carbonyl (C=O) groups excluding carboxylic acids is 2. The summed E-state index contributed by atoms with van der Waals surface area (Å²) in [7, 11) is 0. The molecule has 2 amide bonds. The number of anilines is 1. The highest BCUT2D eigenvalue weighted by Gasteiger charge is 2.28. The summed E-state index contributed by atoms with van der Waals surface area (Å²) >= 11 is 0. The number of fused-ring (bicyclic) bond motifs is 1. The van der Waals surface area contributed by atoms with Gasteiger partial charge in [-0.15, -0.1) is 0 Å². The average Bonchev–Trinajstić information content (AvgIpc) is 2.49. The molecule has 6 nitrogen and oxygen atoms in total. The second kappa shape index (κ2) is 5.14. The lowest BCUT2D eigenvalue weighted by molar-refractivity contribution is -0.122. The smallest absolute Gasteiger partial charge is 0.265 e. The van der Waals surface area contributed by atoms with Crippen LogP contribution in [0.25, 0.3) is 11.1 Å². The zero-order chi connectivity index (χ0) is 15.9. The van der Waals surface area contributed by atoms with Crippen molar-refractivity contribution >= 4 is 17.5 Å². The first-order valence-corrected chi connectivity index (χ1v) is 6.84. The summed E-state index contributed by atoms with van der Waals surface area (Å²) in [5, 5.41) is 2.76. The van der Waals surface area contributed by atoms with Crippen LogP contribution in [0.5, 0.6) is 5.75 Å². The van der Waals surface area contributed by atoms with Crippen LogP contribution in [-0.4, -0.2) is 22.9 Å². The van der Waals surface area contributed by atoms with Gasteiger partial charge in [0.05, 0.1) is 11.3 Å². The van der Waals surface area contributed by atoms with Crippen LogP contribution in [0, 0.1) is 6.92 Å². The second-order valence-corrected chi connectivity index (χ2v) is 5.15. The van der Waals surface area contributed by atoms with E-state index in [9.17, 15) is 9.59 Å². The Kier molecular flexibility index (Phi) is 3.29. The van der Waals surface area contributed by atoms with Gasteiger partial charge in [0.1, 0.15) is 5.75 Å². The molecule has 1 aromatic heterocycles. The van der Waals surface area contributed by atoms with Gasteiger partial charge in [-0.2, -0.15) is 0 Å². The third-order valence-electron chi connectivity index (χ3n) is 3.68. The van der Waals surface area contributed by atoms with Crippen LogP contribution < -0.4 is 15.8 Å². The molecular formula is C16H15N3O3. The van der Waals surface area contributed by atoms with Crippen molar-refractivity contribution in [1.82, 2.24) is 4.98 Å². The molecule has 0 saturated carbocycles. The normalized spacial score (nSPS) is 16.5. The number of benzene rings is 1. The van der Waals surface area contributed by atoms with E-state index in [1.165, 1.54) is 0 Å². The lowest BCUT2D eigenvalue weighted by Gasteiger charge is -2.27. The Hall–Kier alpha value is -2.89. The van der Waals surface area contributed by atoms with Gasteiger partial charge in [0.15, 0.2) is 6.10 Å². The van der Waals surface area contributed by atoms with E-state index in [0.717, 1.165) is 5.56 Å². The minimum Gasteiger partial charge on any atom is -0.479 e.